The molecule has 0 aliphatic rings. The van der Waals surface area contributed by atoms with Crippen molar-refractivity contribution in [3.63, 3.8) is 0 Å². The van der Waals surface area contributed by atoms with Crippen LogP contribution in [0.5, 0.6) is 5.75 Å². The van der Waals surface area contributed by atoms with E-state index in [1.54, 1.807) is 36.4 Å². The zero-order chi connectivity index (χ0) is 21.4. The Morgan fingerprint density at radius 3 is 2.21 bits per heavy atom. The molecule has 1 atom stereocenters. The standard InChI is InChI=1S/C23H29FN2O3/c1-5-29-19-12-8-17(9-13-19)22(28)25-15-21(27)26-20(14-23(2,3)4)16-6-10-18(24)11-7-16/h6-13,20H,5,14-15H2,1-4H3,(H,25,28)(H,26,27). The molecule has 0 heterocycles. The molecule has 29 heavy (non-hydrogen) atoms. The van der Waals surface area contributed by atoms with Crippen molar-refractivity contribution in [1.29, 1.82) is 0 Å². The number of rotatable bonds is 8. The summed E-state index contributed by atoms with van der Waals surface area (Å²) in [5, 5.41) is 5.57. The normalized spacial score (nSPS) is 12.2. The van der Waals surface area contributed by atoms with Crippen LogP contribution in [0.15, 0.2) is 48.5 Å². The summed E-state index contributed by atoms with van der Waals surface area (Å²) >= 11 is 0. The highest BCUT2D eigenvalue weighted by molar-refractivity contribution is 5.96. The van der Waals surface area contributed by atoms with Crippen molar-refractivity contribution in [2.75, 3.05) is 13.2 Å². The van der Waals surface area contributed by atoms with E-state index in [0.29, 0.717) is 24.3 Å². The van der Waals surface area contributed by atoms with Crippen molar-refractivity contribution in [2.24, 2.45) is 5.41 Å². The van der Waals surface area contributed by atoms with Crippen molar-refractivity contribution in [3.05, 3.63) is 65.5 Å². The number of carbonyl (C=O) groups excluding carboxylic acids is 2. The van der Waals surface area contributed by atoms with E-state index in [-0.39, 0.29) is 35.6 Å². The fourth-order valence-corrected chi connectivity index (χ4v) is 2.94. The van der Waals surface area contributed by atoms with E-state index >= 15 is 0 Å². The maximum absolute atomic E-state index is 13.2. The van der Waals surface area contributed by atoms with Crippen LogP contribution in [0.1, 0.15) is 56.1 Å². The molecule has 2 amide bonds. The van der Waals surface area contributed by atoms with Crippen LogP contribution in [0.25, 0.3) is 0 Å². The van der Waals surface area contributed by atoms with Gasteiger partial charge in [-0.1, -0.05) is 32.9 Å². The Kier molecular flexibility index (Phi) is 7.76. The van der Waals surface area contributed by atoms with Crippen LogP contribution in [0.3, 0.4) is 0 Å². The second kappa shape index (κ2) is 10.0. The predicted octanol–water partition coefficient (Wildman–Crippen LogP) is 4.25. The highest BCUT2D eigenvalue weighted by Crippen LogP contribution is 2.29. The van der Waals surface area contributed by atoms with Crippen LogP contribution in [0, 0.1) is 11.2 Å². The van der Waals surface area contributed by atoms with Gasteiger partial charge in [-0.05, 0) is 60.7 Å². The van der Waals surface area contributed by atoms with E-state index < -0.39 is 0 Å². The number of hydrogen-bond donors (Lipinski definition) is 2. The van der Waals surface area contributed by atoms with Gasteiger partial charge in [0.15, 0.2) is 0 Å². The number of nitrogens with one attached hydrogen (secondary N) is 2. The van der Waals surface area contributed by atoms with Gasteiger partial charge in [-0.2, -0.15) is 0 Å². The second-order valence-corrected chi connectivity index (χ2v) is 8.08. The van der Waals surface area contributed by atoms with E-state index in [4.69, 9.17) is 4.74 Å². The van der Waals surface area contributed by atoms with E-state index in [1.165, 1.54) is 12.1 Å². The topological polar surface area (TPSA) is 67.4 Å². The predicted molar refractivity (Wildman–Crippen MR) is 111 cm³/mol. The molecular weight excluding hydrogens is 371 g/mol. The first kappa shape index (κ1) is 22.4. The highest BCUT2D eigenvalue weighted by atomic mass is 19.1. The van der Waals surface area contributed by atoms with Gasteiger partial charge in [0.2, 0.25) is 5.91 Å². The van der Waals surface area contributed by atoms with Crippen LogP contribution in [-0.4, -0.2) is 25.0 Å². The number of benzene rings is 2. The van der Waals surface area contributed by atoms with Crippen molar-refractivity contribution in [3.8, 4) is 5.75 Å². The van der Waals surface area contributed by atoms with Gasteiger partial charge in [-0.25, -0.2) is 4.39 Å². The Balaban J connectivity index is 1.96. The maximum atomic E-state index is 13.2. The SMILES string of the molecule is CCOc1ccc(C(=O)NCC(=O)NC(CC(C)(C)C)c2ccc(F)cc2)cc1. The lowest BCUT2D eigenvalue weighted by atomic mass is 9.85. The number of carbonyl (C=O) groups is 2. The molecule has 0 aromatic heterocycles. The fraction of sp³-hybridized carbons (Fsp3) is 0.391. The lowest BCUT2D eigenvalue weighted by Crippen LogP contribution is -2.39. The summed E-state index contributed by atoms with van der Waals surface area (Å²) in [6.07, 6.45) is 0.678. The molecule has 0 radical (unpaired) electrons. The van der Waals surface area contributed by atoms with Crippen molar-refractivity contribution < 1.29 is 18.7 Å². The van der Waals surface area contributed by atoms with Gasteiger partial charge in [-0.3, -0.25) is 9.59 Å². The second-order valence-electron chi connectivity index (χ2n) is 8.08. The minimum Gasteiger partial charge on any atom is -0.494 e. The van der Waals surface area contributed by atoms with Gasteiger partial charge in [0.25, 0.3) is 5.91 Å². The summed E-state index contributed by atoms with van der Waals surface area (Å²) < 4.78 is 18.6. The smallest absolute Gasteiger partial charge is 0.251 e. The average Bonchev–Trinajstić information content (AvgIpc) is 2.66. The van der Waals surface area contributed by atoms with Crippen LogP contribution in [-0.2, 0) is 4.79 Å². The molecule has 1 unspecified atom stereocenters. The van der Waals surface area contributed by atoms with E-state index in [2.05, 4.69) is 31.4 Å². The summed E-state index contributed by atoms with van der Waals surface area (Å²) in [5.41, 5.74) is 1.23. The maximum Gasteiger partial charge on any atom is 0.251 e. The third-order valence-corrected chi connectivity index (χ3v) is 4.26. The first-order valence-corrected chi connectivity index (χ1v) is 9.74. The molecule has 5 nitrogen and oxygen atoms in total. The summed E-state index contributed by atoms with van der Waals surface area (Å²) in [6, 6.07) is 12.6. The Morgan fingerprint density at radius 2 is 1.66 bits per heavy atom. The van der Waals surface area contributed by atoms with Gasteiger partial charge in [0.05, 0.1) is 19.2 Å². The van der Waals surface area contributed by atoms with Crippen LogP contribution < -0.4 is 15.4 Å². The molecular formula is C23H29FN2O3. The zero-order valence-corrected chi connectivity index (χ0v) is 17.4. The number of ether oxygens (including phenoxy) is 1. The van der Waals surface area contributed by atoms with Crippen LogP contribution in [0.2, 0.25) is 0 Å². The van der Waals surface area contributed by atoms with Gasteiger partial charge >= 0.3 is 0 Å². The summed E-state index contributed by atoms with van der Waals surface area (Å²) in [6.45, 7) is 8.51. The van der Waals surface area contributed by atoms with Crippen molar-refractivity contribution in [1.82, 2.24) is 10.6 Å². The fourth-order valence-electron chi connectivity index (χ4n) is 2.94. The Labute approximate surface area is 171 Å². The van der Waals surface area contributed by atoms with Gasteiger partial charge in [-0.15, -0.1) is 0 Å². The quantitative estimate of drug-likeness (QED) is 0.696. The molecule has 156 valence electrons. The molecule has 0 aliphatic carbocycles. The first-order valence-electron chi connectivity index (χ1n) is 9.74. The molecule has 0 saturated carbocycles. The monoisotopic (exact) mass is 400 g/mol. The van der Waals surface area contributed by atoms with Gasteiger partial charge in [0.1, 0.15) is 11.6 Å². The van der Waals surface area contributed by atoms with Gasteiger partial charge < -0.3 is 15.4 Å². The van der Waals surface area contributed by atoms with Crippen molar-refractivity contribution in [2.45, 2.75) is 40.2 Å². The summed E-state index contributed by atoms with van der Waals surface area (Å²) in [4.78, 5) is 24.7. The van der Waals surface area contributed by atoms with Crippen LogP contribution >= 0.6 is 0 Å². The first-order chi connectivity index (χ1) is 13.7. The molecule has 0 saturated heterocycles. The molecule has 0 fully saturated rings. The lowest BCUT2D eigenvalue weighted by Gasteiger charge is -2.27. The van der Waals surface area contributed by atoms with Crippen molar-refractivity contribution >= 4 is 11.8 Å². The molecule has 2 aromatic carbocycles. The largest absolute Gasteiger partial charge is 0.494 e. The minimum absolute atomic E-state index is 0.0438. The summed E-state index contributed by atoms with van der Waals surface area (Å²) in [7, 11) is 0. The Bertz CT molecular complexity index is 812. The number of amides is 2. The third-order valence-electron chi connectivity index (χ3n) is 4.26. The van der Waals surface area contributed by atoms with Gasteiger partial charge in [0, 0.05) is 5.56 Å². The molecule has 2 N–H and O–H groups in total. The third kappa shape index (κ3) is 7.56. The number of halogens is 1. The molecule has 0 bridgehead atoms. The molecule has 2 aromatic rings. The van der Waals surface area contributed by atoms with E-state index in [0.717, 1.165) is 5.56 Å². The highest BCUT2D eigenvalue weighted by Gasteiger charge is 2.22. The Hall–Kier alpha value is -2.89. The van der Waals surface area contributed by atoms with E-state index in [1.807, 2.05) is 6.92 Å². The lowest BCUT2D eigenvalue weighted by molar-refractivity contribution is -0.121. The average molecular weight is 400 g/mol. The molecule has 6 heteroatoms. The number of hydrogen-bond acceptors (Lipinski definition) is 3. The summed E-state index contributed by atoms with van der Waals surface area (Å²) in [5.74, 6) is -0.275. The Morgan fingerprint density at radius 1 is 1.03 bits per heavy atom. The zero-order valence-electron chi connectivity index (χ0n) is 17.4. The molecule has 0 spiro atoms. The molecule has 2 rings (SSSR count). The van der Waals surface area contributed by atoms with E-state index in [9.17, 15) is 14.0 Å². The molecule has 0 aliphatic heterocycles. The van der Waals surface area contributed by atoms with Crippen LogP contribution in [0.4, 0.5) is 4.39 Å². The minimum atomic E-state index is -0.336.